The first kappa shape index (κ1) is 10.7. The molecule has 0 saturated heterocycles. The molecule has 76 valence electrons. The van der Waals surface area contributed by atoms with Gasteiger partial charge in [0.2, 0.25) is 0 Å². The zero-order chi connectivity index (χ0) is 10.4. The average Bonchev–Trinajstić information content (AvgIpc) is 2.13. The molecule has 0 aliphatic rings. The molecule has 0 aliphatic carbocycles. The van der Waals surface area contributed by atoms with Gasteiger partial charge in [0.25, 0.3) is 0 Å². The van der Waals surface area contributed by atoms with Crippen LogP contribution in [0.2, 0.25) is 0 Å². The predicted octanol–water partition coefficient (Wildman–Crippen LogP) is 2.58. The molecule has 0 atom stereocenters. The van der Waals surface area contributed by atoms with Crippen molar-refractivity contribution in [3.63, 3.8) is 0 Å². The minimum atomic E-state index is -0.0181. The Morgan fingerprint density at radius 3 is 2.29 bits per heavy atom. The SMILES string of the molecule is CC(C)(C)NNN=Nc1ccccc1. The second-order valence-electron chi connectivity index (χ2n) is 4.02. The number of nitrogens with one attached hydrogen (secondary N) is 2. The zero-order valence-corrected chi connectivity index (χ0v) is 8.78. The quantitative estimate of drug-likeness (QED) is 0.571. The molecular weight excluding hydrogens is 176 g/mol. The van der Waals surface area contributed by atoms with Gasteiger partial charge in [0.05, 0.1) is 5.69 Å². The third-order valence-corrected chi connectivity index (χ3v) is 1.40. The van der Waals surface area contributed by atoms with E-state index in [9.17, 15) is 0 Å². The van der Waals surface area contributed by atoms with E-state index < -0.39 is 0 Å². The van der Waals surface area contributed by atoms with Gasteiger partial charge in [0.1, 0.15) is 0 Å². The summed E-state index contributed by atoms with van der Waals surface area (Å²) in [6.45, 7) is 6.12. The van der Waals surface area contributed by atoms with Crippen LogP contribution in [0, 0.1) is 0 Å². The largest absolute Gasteiger partial charge is 0.224 e. The molecule has 0 bridgehead atoms. The van der Waals surface area contributed by atoms with Crippen molar-refractivity contribution in [2.24, 2.45) is 10.3 Å². The van der Waals surface area contributed by atoms with Gasteiger partial charge in [-0.05, 0) is 32.9 Å². The Labute approximate surface area is 84.4 Å². The lowest BCUT2D eigenvalue weighted by molar-refractivity contribution is 0.357. The molecule has 14 heavy (non-hydrogen) atoms. The van der Waals surface area contributed by atoms with E-state index in [1.54, 1.807) is 0 Å². The van der Waals surface area contributed by atoms with Crippen LogP contribution in [0.15, 0.2) is 40.7 Å². The molecule has 0 aromatic heterocycles. The molecule has 0 amide bonds. The fourth-order valence-corrected chi connectivity index (χ4v) is 0.770. The van der Waals surface area contributed by atoms with E-state index in [0.29, 0.717) is 0 Å². The second kappa shape index (κ2) is 4.72. The summed E-state index contributed by atoms with van der Waals surface area (Å²) in [6.07, 6.45) is 0. The average molecular weight is 192 g/mol. The second-order valence-corrected chi connectivity index (χ2v) is 4.02. The summed E-state index contributed by atoms with van der Waals surface area (Å²) >= 11 is 0. The maximum absolute atomic E-state index is 3.96. The molecular formula is C10H16N4. The van der Waals surface area contributed by atoms with Gasteiger partial charge in [-0.25, -0.2) is 11.0 Å². The van der Waals surface area contributed by atoms with Crippen molar-refractivity contribution in [1.29, 1.82) is 0 Å². The van der Waals surface area contributed by atoms with Gasteiger partial charge >= 0.3 is 0 Å². The maximum Gasteiger partial charge on any atom is 0.0874 e. The van der Waals surface area contributed by atoms with Crippen LogP contribution in [0.1, 0.15) is 20.8 Å². The molecule has 1 rings (SSSR count). The van der Waals surface area contributed by atoms with Gasteiger partial charge in [-0.2, -0.15) is 0 Å². The van der Waals surface area contributed by atoms with Crippen LogP contribution >= 0.6 is 0 Å². The van der Waals surface area contributed by atoms with Crippen LogP contribution in [0.25, 0.3) is 0 Å². The highest BCUT2D eigenvalue weighted by atomic mass is 15.6. The Hall–Kier alpha value is -1.42. The van der Waals surface area contributed by atoms with Crippen LogP contribution < -0.4 is 11.0 Å². The molecule has 0 saturated carbocycles. The molecule has 0 spiro atoms. The van der Waals surface area contributed by atoms with E-state index in [0.717, 1.165) is 5.69 Å². The Kier molecular flexibility index (Phi) is 3.59. The summed E-state index contributed by atoms with van der Waals surface area (Å²) in [5.74, 6) is 0. The summed E-state index contributed by atoms with van der Waals surface area (Å²) in [5.41, 5.74) is 6.48. The molecule has 1 aromatic rings. The third-order valence-electron chi connectivity index (χ3n) is 1.40. The Morgan fingerprint density at radius 1 is 1.07 bits per heavy atom. The monoisotopic (exact) mass is 192 g/mol. The lowest BCUT2D eigenvalue weighted by Gasteiger charge is -2.18. The van der Waals surface area contributed by atoms with Gasteiger partial charge in [-0.15, -0.1) is 5.11 Å². The molecule has 4 heteroatoms. The van der Waals surface area contributed by atoms with E-state index in [1.807, 2.05) is 51.1 Å². The van der Waals surface area contributed by atoms with Crippen molar-refractivity contribution in [3.8, 4) is 0 Å². The molecule has 0 fully saturated rings. The third kappa shape index (κ3) is 4.57. The maximum atomic E-state index is 3.96. The highest BCUT2D eigenvalue weighted by Gasteiger charge is 2.06. The first-order valence-corrected chi connectivity index (χ1v) is 4.56. The smallest absolute Gasteiger partial charge is 0.0874 e. The van der Waals surface area contributed by atoms with E-state index in [1.165, 1.54) is 0 Å². The molecule has 1 aromatic carbocycles. The van der Waals surface area contributed by atoms with Crippen LogP contribution in [0.3, 0.4) is 0 Å². The van der Waals surface area contributed by atoms with Crippen molar-refractivity contribution < 1.29 is 0 Å². The van der Waals surface area contributed by atoms with Crippen molar-refractivity contribution in [2.75, 3.05) is 0 Å². The van der Waals surface area contributed by atoms with E-state index >= 15 is 0 Å². The van der Waals surface area contributed by atoms with Crippen LogP contribution in [-0.4, -0.2) is 5.54 Å². The first-order valence-electron chi connectivity index (χ1n) is 4.56. The van der Waals surface area contributed by atoms with Crippen molar-refractivity contribution in [1.82, 2.24) is 11.0 Å². The van der Waals surface area contributed by atoms with E-state index in [4.69, 9.17) is 0 Å². The number of hydrogen-bond donors (Lipinski definition) is 2. The van der Waals surface area contributed by atoms with Gasteiger partial charge in [0, 0.05) is 5.54 Å². The molecule has 0 aliphatic heterocycles. The first-order chi connectivity index (χ1) is 6.58. The standard InChI is InChI=1S/C10H16N4/c1-10(2,3)12-14-13-11-9-7-5-4-6-8-9/h4-8H,1-3H3,(H,11,14)(H,12,13). The lowest BCUT2D eigenvalue weighted by Crippen LogP contribution is -2.43. The number of benzene rings is 1. The van der Waals surface area contributed by atoms with Crippen LogP contribution in [0.5, 0.6) is 0 Å². The van der Waals surface area contributed by atoms with Crippen molar-refractivity contribution >= 4 is 5.69 Å². The fourth-order valence-electron chi connectivity index (χ4n) is 0.770. The summed E-state index contributed by atoms with van der Waals surface area (Å²) in [4.78, 5) is 0. The number of hydrogen-bond acceptors (Lipinski definition) is 3. The van der Waals surface area contributed by atoms with E-state index in [2.05, 4.69) is 21.3 Å². The number of hydrazine groups is 1. The molecule has 2 N–H and O–H groups in total. The number of rotatable bonds is 3. The summed E-state index contributed by atoms with van der Waals surface area (Å²) < 4.78 is 0. The Balaban J connectivity index is 2.35. The summed E-state index contributed by atoms with van der Waals surface area (Å²) in [5, 5.41) is 7.75. The van der Waals surface area contributed by atoms with Gasteiger partial charge in [-0.3, -0.25) is 0 Å². The number of nitrogens with zero attached hydrogens (tertiary/aromatic N) is 2. The summed E-state index contributed by atoms with van der Waals surface area (Å²) in [7, 11) is 0. The molecule has 0 heterocycles. The molecule has 0 unspecified atom stereocenters. The predicted molar refractivity (Wildman–Crippen MR) is 57.0 cm³/mol. The normalized spacial score (nSPS) is 11.9. The minimum absolute atomic E-state index is 0.0181. The molecule has 0 radical (unpaired) electrons. The van der Waals surface area contributed by atoms with E-state index in [-0.39, 0.29) is 5.54 Å². The highest BCUT2D eigenvalue weighted by Crippen LogP contribution is 2.08. The Morgan fingerprint density at radius 2 is 1.71 bits per heavy atom. The van der Waals surface area contributed by atoms with Crippen molar-refractivity contribution in [2.45, 2.75) is 26.3 Å². The molecule has 4 nitrogen and oxygen atoms in total. The Bertz CT molecular complexity index is 287. The minimum Gasteiger partial charge on any atom is -0.224 e. The van der Waals surface area contributed by atoms with Crippen molar-refractivity contribution in [3.05, 3.63) is 30.3 Å². The lowest BCUT2D eigenvalue weighted by atomic mass is 10.1. The van der Waals surface area contributed by atoms with Gasteiger partial charge in [0.15, 0.2) is 0 Å². The van der Waals surface area contributed by atoms with Gasteiger partial charge in [-0.1, -0.05) is 23.4 Å². The van der Waals surface area contributed by atoms with Gasteiger partial charge < -0.3 is 0 Å². The topological polar surface area (TPSA) is 48.8 Å². The highest BCUT2D eigenvalue weighted by molar-refractivity contribution is 5.34. The zero-order valence-electron chi connectivity index (χ0n) is 8.78. The van der Waals surface area contributed by atoms with Crippen LogP contribution in [0.4, 0.5) is 5.69 Å². The fraction of sp³-hybridized carbons (Fsp3) is 0.400. The van der Waals surface area contributed by atoms with Crippen LogP contribution in [-0.2, 0) is 0 Å². The summed E-state index contributed by atoms with van der Waals surface area (Å²) in [6, 6.07) is 9.57.